The smallest absolute Gasteiger partial charge is 0.250 e. The molecule has 5 heterocycles. The van der Waals surface area contributed by atoms with E-state index in [-0.39, 0.29) is 6.10 Å². The van der Waals surface area contributed by atoms with Gasteiger partial charge in [-0.1, -0.05) is 0 Å². The molecular weight excluding hydrogens is 480 g/mol. The average molecular weight is 506 g/mol. The molecule has 0 spiro atoms. The fourth-order valence-electron chi connectivity index (χ4n) is 3.84. The van der Waals surface area contributed by atoms with E-state index in [1.54, 1.807) is 22.3 Å². The number of hydrogen-bond acceptors (Lipinski definition) is 9. The van der Waals surface area contributed by atoms with E-state index >= 15 is 0 Å². The minimum atomic E-state index is -2.55. The molecule has 1 unspecified atom stereocenters. The van der Waals surface area contributed by atoms with Crippen molar-refractivity contribution in [3.05, 3.63) is 41.7 Å². The number of nitrogens with zero attached hydrogens (tertiary/aromatic N) is 5. The van der Waals surface area contributed by atoms with Gasteiger partial charge in [-0.25, -0.2) is 13.8 Å². The van der Waals surface area contributed by atoms with Gasteiger partial charge in [0.25, 0.3) is 6.43 Å². The first-order valence-corrected chi connectivity index (χ1v) is 12.0. The minimum absolute atomic E-state index is 0.0312. The molecular formula is C22H25F2N7O3S. The number of thiophene rings is 1. The SMILES string of the molecule is Cn1cc(-n2ccc3nc(Nc4cc(C(O)NCC(F)F)cs4)nc(OC4CCOCC4)c32)cn1. The second-order valence-corrected chi connectivity index (χ2v) is 9.06. The number of hydrogen-bond donors (Lipinski definition) is 3. The van der Waals surface area contributed by atoms with Crippen LogP contribution in [0.25, 0.3) is 16.7 Å². The van der Waals surface area contributed by atoms with Crippen LogP contribution in [0.1, 0.15) is 24.6 Å². The molecule has 0 aromatic carbocycles. The summed E-state index contributed by atoms with van der Waals surface area (Å²) in [6.45, 7) is 0.668. The molecule has 1 aliphatic heterocycles. The van der Waals surface area contributed by atoms with Gasteiger partial charge >= 0.3 is 0 Å². The summed E-state index contributed by atoms with van der Waals surface area (Å²) in [6, 6.07) is 3.55. The van der Waals surface area contributed by atoms with Crippen LogP contribution >= 0.6 is 11.3 Å². The van der Waals surface area contributed by atoms with Gasteiger partial charge in [-0.2, -0.15) is 10.1 Å². The van der Waals surface area contributed by atoms with Gasteiger partial charge in [0.05, 0.1) is 42.2 Å². The molecule has 1 aliphatic rings. The van der Waals surface area contributed by atoms with Crippen LogP contribution in [0, 0.1) is 0 Å². The highest BCUT2D eigenvalue weighted by molar-refractivity contribution is 7.14. The first-order valence-electron chi connectivity index (χ1n) is 11.1. The maximum Gasteiger partial charge on any atom is 0.250 e. The lowest BCUT2D eigenvalue weighted by Crippen LogP contribution is -2.26. The summed E-state index contributed by atoms with van der Waals surface area (Å²) in [6.07, 6.45) is 3.30. The Hall–Kier alpha value is -3.13. The number of aliphatic hydroxyl groups is 1. The largest absolute Gasteiger partial charge is 0.473 e. The summed E-state index contributed by atoms with van der Waals surface area (Å²) in [4.78, 5) is 9.31. The van der Waals surface area contributed by atoms with Crippen molar-refractivity contribution in [3.8, 4) is 11.6 Å². The first-order chi connectivity index (χ1) is 17.0. The van der Waals surface area contributed by atoms with Gasteiger partial charge in [0, 0.05) is 43.2 Å². The number of fused-ring (bicyclic) bond motifs is 1. The molecule has 0 aliphatic carbocycles. The highest BCUT2D eigenvalue weighted by Gasteiger charge is 2.22. The number of aryl methyl sites for hydroxylation is 1. The van der Waals surface area contributed by atoms with Crippen molar-refractivity contribution in [2.24, 2.45) is 7.05 Å². The van der Waals surface area contributed by atoms with E-state index in [1.165, 1.54) is 11.3 Å². The number of rotatable bonds is 9. The van der Waals surface area contributed by atoms with Crippen molar-refractivity contribution in [1.29, 1.82) is 0 Å². The average Bonchev–Trinajstić information content (AvgIpc) is 3.58. The number of anilines is 2. The lowest BCUT2D eigenvalue weighted by Gasteiger charge is -2.23. The summed E-state index contributed by atoms with van der Waals surface area (Å²) in [5.74, 6) is 0.764. The Morgan fingerprint density at radius 2 is 2.14 bits per heavy atom. The van der Waals surface area contributed by atoms with Crippen LogP contribution in [0.15, 0.2) is 36.1 Å². The van der Waals surface area contributed by atoms with Gasteiger partial charge in [-0.15, -0.1) is 11.3 Å². The molecule has 0 bridgehead atoms. The van der Waals surface area contributed by atoms with Gasteiger partial charge in [0.2, 0.25) is 11.8 Å². The van der Waals surface area contributed by atoms with Crippen molar-refractivity contribution in [1.82, 2.24) is 29.6 Å². The number of aromatic nitrogens is 5. The second-order valence-electron chi connectivity index (χ2n) is 8.14. The maximum atomic E-state index is 12.4. The van der Waals surface area contributed by atoms with E-state index in [2.05, 4.69) is 25.7 Å². The van der Waals surface area contributed by atoms with Crippen LogP contribution in [0.3, 0.4) is 0 Å². The summed E-state index contributed by atoms with van der Waals surface area (Å²) >= 11 is 1.31. The molecule has 5 rings (SSSR count). The first kappa shape index (κ1) is 23.6. The topological polar surface area (TPSA) is 111 Å². The molecule has 186 valence electrons. The quantitative estimate of drug-likeness (QED) is 0.297. The Kier molecular flexibility index (Phi) is 6.90. The lowest BCUT2D eigenvalue weighted by molar-refractivity contribution is 0.0243. The summed E-state index contributed by atoms with van der Waals surface area (Å²) in [5.41, 5.74) is 2.75. The van der Waals surface area contributed by atoms with Crippen LogP contribution in [-0.4, -0.2) is 61.7 Å². The Bertz CT molecular complexity index is 1290. The minimum Gasteiger partial charge on any atom is -0.473 e. The molecule has 1 fully saturated rings. The fourth-order valence-corrected chi connectivity index (χ4v) is 4.65. The summed E-state index contributed by atoms with van der Waals surface area (Å²) in [5, 5.41) is 22.2. The molecule has 4 aromatic rings. The predicted molar refractivity (Wildman–Crippen MR) is 127 cm³/mol. The Morgan fingerprint density at radius 3 is 2.89 bits per heavy atom. The summed E-state index contributed by atoms with van der Waals surface area (Å²) < 4.78 is 40.3. The van der Waals surface area contributed by atoms with Crippen LogP contribution < -0.4 is 15.4 Å². The van der Waals surface area contributed by atoms with Crippen molar-refractivity contribution in [2.45, 2.75) is 31.6 Å². The van der Waals surface area contributed by atoms with Crippen molar-refractivity contribution in [2.75, 3.05) is 25.1 Å². The molecule has 3 N–H and O–H groups in total. The van der Waals surface area contributed by atoms with Crippen LogP contribution in [-0.2, 0) is 11.8 Å². The highest BCUT2D eigenvalue weighted by atomic mass is 32.1. The van der Waals surface area contributed by atoms with Gasteiger partial charge in [0.1, 0.15) is 17.8 Å². The van der Waals surface area contributed by atoms with E-state index < -0.39 is 19.2 Å². The molecule has 0 radical (unpaired) electrons. The Balaban J connectivity index is 1.44. The van der Waals surface area contributed by atoms with E-state index in [1.807, 2.05) is 30.1 Å². The van der Waals surface area contributed by atoms with E-state index in [0.717, 1.165) is 24.0 Å². The third-order valence-corrected chi connectivity index (χ3v) is 6.42. The van der Waals surface area contributed by atoms with E-state index in [4.69, 9.17) is 9.47 Å². The van der Waals surface area contributed by atoms with Gasteiger partial charge in [0.15, 0.2) is 0 Å². The zero-order chi connectivity index (χ0) is 24.4. The monoisotopic (exact) mass is 505 g/mol. The highest BCUT2D eigenvalue weighted by Crippen LogP contribution is 2.32. The van der Waals surface area contributed by atoms with Gasteiger partial charge in [-0.3, -0.25) is 10.00 Å². The predicted octanol–water partition coefficient (Wildman–Crippen LogP) is 3.36. The molecule has 4 aromatic heterocycles. The number of ether oxygens (including phenoxy) is 2. The second kappa shape index (κ2) is 10.2. The molecule has 0 amide bonds. The molecule has 1 saturated heterocycles. The third kappa shape index (κ3) is 5.42. The Labute approximate surface area is 203 Å². The molecule has 0 saturated carbocycles. The van der Waals surface area contributed by atoms with Gasteiger partial charge in [-0.05, 0) is 12.1 Å². The third-order valence-electron chi connectivity index (χ3n) is 5.55. The van der Waals surface area contributed by atoms with E-state index in [9.17, 15) is 13.9 Å². The summed E-state index contributed by atoms with van der Waals surface area (Å²) in [7, 11) is 1.85. The van der Waals surface area contributed by atoms with Crippen molar-refractivity contribution >= 4 is 33.3 Å². The van der Waals surface area contributed by atoms with Crippen molar-refractivity contribution < 1.29 is 23.4 Å². The van der Waals surface area contributed by atoms with Gasteiger partial charge < -0.3 is 24.5 Å². The molecule has 13 heteroatoms. The van der Waals surface area contributed by atoms with Crippen LogP contribution in [0.5, 0.6) is 5.88 Å². The maximum absolute atomic E-state index is 12.4. The van der Waals surface area contributed by atoms with Crippen molar-refractivity contribution in [3.63, 3.8) is 0 Å². The molecule has 10 nitrogen and oxygen atoms in total. The zero-order valence-electron chi connectivity index (χ0n) is 18.9. The molecule has 1 atom stereocenters. The number of halogens is 2. The lowest BCUT2D eigenvalue weighted by atomic mass is 10.1. The zero-order valence-corrected chi connectivity index (χ0v) is 19.7. The molecule has 35 heavy (non-hydrogen) atoms. The fraction of sp³-hybridized carbons (Fsp3) is 0.409. The number of nitrogens with one attached hydrogen (secondary N) is 2. The van der Waals surface area contributed by atoms with Crippen LogP contribution in [0.2, 0.25) is 0 Å². The number of alkyl halides is 2. The normalized spacial score (nSPS) is 15.7. The number of aliphatic hydroxyl groups excluding tert-OH is 1. The Morgan fingerprint density at radius 1 is 1.31 bits per heavy atom. The standard InChI is InChI=1S/C22H25F2N7O3S/c1-30-11-14(9-26-30)31-5-2-16-19(31)21(34-15-3-6-33-7-4-15)29-22(27-16)28-18-8-13(12-35-18)20(32)25-10-17(23)24/h2,5,8-9,11-12,15,17,20,25,32H,3-4,6-7,10H2,1H3,(H,27,28,29). The van der Waals surface area contributed by atoms with E-state index in [0.29, 0.717) is 41.1 Å². The van der Waals surface area contributed by atoms with Crippen LogP contribution in [0.4, 0.5) is 19.7 Å².